The second-order valence-corrected chi connectivity index (χ2v) is 7.15. The Kier molecular flexibility index (Phi) is 3.95. The number of fused-ring (bicyclic) bond motifs is 1. The largest absolute Gasteiger partial charge is 0.441 e. The summed E-state index contributed by atoms with van der Waals surface area (Å²) in [6, 6.07) is 5.69. The zero-order valence-electron chi connectivity index (χ0n) is 13.2. The van der Waals surface area contributed by atoms with Gasteiger partial charge in [0.25, 0.3) is 0 Å². The molecule has 0 aliphatic heterocycles. The minimum atomic E-state index is -3.57. The van der Waals surface area contributed by atoms with E-state index in [-0.39, 0.29) is 4.90 Å². The maximum Gasteiger partial charge on any atom is 0.244 e. The first-order valence-corrected chi connectivity index (χ1v) is 8.72. The summed E-state index contributed by atoms with van der Waals surface area (Å²) in [5.74, 6) is 0.615. The minimum absolute atomic E-state index is 0.221. The van der Waals surface area contributed by atoms with Crippen LogP contribution in [-0.2, 0) is 16.4 Å². The highest BCUT2D eigenvalue weighted by molar-refractivity contribution is 7.89. The monoisotopic (exact) mass is 334 g/mol. The molecule has 0 saturated heterocycles. The van der Waals surface area contributed by atoms with Crippen LogP contribution in [-0.4, -0.2) is 30.1 Å². The van der Waals surface area contributed by atoms with Gasteiger partial charge in [-0.2, -0.15) is 5.10 Å². The average molecular weight is 334 g/mol. The highest BCUT2D eigenvalue weighted by atomic mass is 32.2. The Labute approximate surface area is 134 Å². The number of hydrogen-bond donors (Lipinski definition) is 2. The van der Waals surface area contributed by atoms with Crippen LogP contribution in [0.25, 0.3) is 11.1 Å². The number of H-pyrrole nitrogens is 1. The van der Waals surface area contributed by atoms with Gasteiger partial charge in [0.05, 0.1) is 11.4 Å². The predicted octanol–water partition coefficient (Wildman–Crippen LogP) is 2.00. The van der Waals surface area contributed by atoms with Crippen molar-refractivity contribution in [2.24, 2.45) is 0 Å². The molecule has 122 valence electrons. The molecule has 3 aromatic rings. The first kappa shape index (κ1) is 15.7. The molecule has 2 heterocycles. The highest BCUT2D eigenvalue weighted by Crippen LogP contribution is 2.18. The lowest BCUT2D eigenvalue weighted by Gasteiger charge is -2.07. The molecule has 0 spiro atoms. The van der Waals surface area contributed by atoms with Crippen molar-refractivity contribution in [1.82, 2.24) is 19.9 Å². The van der Waals surface area contributed by atoms with Crippen LogP contribution in [0.15, 0.2) is 27.5 Å². The van der Waals surface area contributed by atoms with Crippen molar-refractivity contribution in [3.63, 3.8) is 0 Å². The van der Waals surface area contributed by atoms with E-state index in [1.807, 2.05) is 18.2 Å². The smallest absolute Gasteiger partial charge is 0.244 e. The Morgan fingerprint density at radius 3 is 2.74 bits per heavy atom. The molecule has 0 atom stereocenters. The SMILES string of the molecule is Cc1nc2ccc(CCNS(=O)(=O)c3c(C)n[nH]c3C)cc2o1. The van der Waals surface area contributed by atoms with Gasteiger partial charge in [-0.15, -0.1) is 0 Å². The van der Waals surface area contributed by atoms with Crippen molar-refractivity contribution in [2.45, 2.75) is 32.1 Å². The summed E-state index contributed by atoms with van der Waals surface area (Å²) in [6.07, 6.45) is 0.560. The molecule has 8 heteroatoms. The molecular weight excluding hydrogens is 316 g/mol. The Morgan fingerprint density at radius 2 is 2.04 bits per heavy atom. The Morgan fingerprint density at radius 1 is 1.26 bits per heavy atom. The Hall–Kier alpha value is -2.19. The van der Waals surface area contributed by atoms with E-state index < -0.39 is 10.0 Å². The maximum absolute atomic E-state index is 12.3. The summed E-state index contributed by atoms with van der Waals surface area (Å²) in [4.78, 5) is 4.46. The van der Waals surface area contributed by atoms with Crippen molar-refractivity contribution in [2.75, 3.05) is 6.54 Å². The number of aromatic nitrogens is 3. The third kappa shape index (κ3) is 3.13. The molecule has 0 fully saturated rings. The number of hydrogen-bond acceptors (Lipinski definition) is 5. The van der Waals surface area contributed by atoms with E-state index in [1.54, 1.807) is 20.8 Å². The number of benzene rings is 1. The van der Waals surface area contributed by atoms with Crippen LogP contribution in [0, 0.1) is 20.8 Å². The van der Waals surface area contributed by atoms with Gasteiger partial charge in [0, 0.05) is 13.5 Å². The molecule has 0 amide bonds. The standard InChI is InChI=1S/C15H18N4O3S/c1-9-15(10(2)19-18-9)23(20,21)16-7-6-12-4-5-13-14(8-12)22-11(3)17-13/h4-5,8,16H,6-7H2,1-3H3,(H,18,19). The molecule has 0 unspecified atom stereocenters. The van der Waals surface area contributed by atoms with Crippen LogP contribution in [0.5, 0.6) is 0 Å². The third-order valence-corrected chi connectivity index (χ3v) is 5.32. The van der Waals surface area contributed by atoms with E-state index in [0.29, 0.717) is 35.8 Å². The van der Waals surface area contributed by atoms with Crippen molar-refractivity contribution < 1.29 is 12.8 Å². The van der Waals surface area contributed by atoms with E-state index in [9.17, 15) is 8.42 Å². The van der Waals surface area contributed by atoms with Crippen LogP contribution in [0.4, 0.5) is 0 Å². The van der Waals surface area contributed by atoms with E-state index in [1.165, 1.54) is 0 Å². The lowest BCUT2D eigenvalue weighted by atomic mass is 10.1. The topological polar surface area (TPSA) is 101 Å². The van der Waals surface area contributed by atoms with Gasteiger partial charge in [-0.1, -0.05) is 6.07 Å². The van der Waals surface area contributed by atoms with Gasteiger partial charge in [0.1, 0.15) is 10.4 Å². The van der Waals surface area contributed by atoms with Crippen molar-refractivity contribution in [3.05, 3.63) is 41.0 Å². The quantitative estimate of drug-likeness (QED) is 0.743. The van der Waals surface area contributed by atoms with Crippen LogP contribution < -0.4 is 4.72 Å². The van der Waals surface area contributed by atoms with Gasteiger partial charge in [0.2, 0.25) is 10.0 Å². The predicted molar refractivity (Wildman–Crippen MR) is 85.7 cm³/mol. The minimum Gasteiger partial charge on any atom is -0.441 e. The van der Waals surface area contributed by atoms with Crippen LogP contribution >= 0.6 is 0 Å². The summed E-state index contributed by atoms with van der Waals surface area (Å²) >= 11 is 0. The van der Waals surface area contributed by atoms with Crippen molar-refractivity contribution in [1.29, 1.82) is 0 Å². The number of sulfonamides is 1. The fourth-order valence-electron chi connectivity index (χ4n) is 2.58. The molecule has 2 N–H and O–H groups in total. The maximum atomic E-state index is 12.3. The first-order valence-electron chi connectivity index (χ1n) is 7.24. The number of oxazole rings is 1. The van der Waals surface area contributed by atoms with E-state index in [2.05, 4.69) is 19.9 Å². The number of nitrogens with one attached hydrogen (secondary N) is 2. The number of nitrogens with zero attached hydrogens (tertiary/aromatic N) is 2. The molecule has 1 aromatic carbocycles. The highest BCUT2D eigenvalue weighted by Gasteiger charge is 2.21. The number of aromatic amines is 1. The number of aryl methyl sites for hydroxylation is 3. The molecule has 0 aliphatic carbocycles. The van der Waals surface area contributed by atoms with Gasteiger partial charge in [-0.3, -0.25) is 5.10 Å². The Bertz CT molecular complexity index is 937. The molecule has 23 heavy (non-hydrogen) atoms. The van der Waals surface area contributed by atoms with Crippen molar-refractivity contribution >= 4 is 21.1 Å². The summed E-state index contributed by atoms with van der Waals surface area (Å²) in [7, 11) is -3.57. The molecule has 3 rings (SSSR count). The molecule has 2 aromatic heterocycles. The van der Waals surface area contributed by atoms with Crippen LogP contribution in [0.1, 0.15) is 22.8 Å². The van der Waals surface area contributed by atoms with Gasteiger partial charge in [-0.25, -0.2) is 18.1 Å². The van der Waals surface area contributed by atoms with Gasteiger partial charge < -0.3 is 4.42 Å². The van der Waals surface area contributed by atoms with E-state index >= 15 is 0 Å². The fraction of sp³-hybridized carbons (Fsp3) is 0.333. The van der Waals surface area contributed by atoms with E-state index in [4.69, 9.17) is 4.42 Å². The fourth-order valence-corrected chi connectivity index (χ4v) is 3.98. The average Bonchev–Trinajstić information content (AvgIpc) is 3.00. The molecular formula is C15H18N4O3S. The van der Waals surface area contributed by atoms with Crippen LogP contribution in [0.2, 0.25) is 0 Å². The van der Waals surface area contributed by atoms with Gasteiger partial charge in [-0.05, 0) is 38.0 Å². The summed E-state index contributed by atoms with van der Waals surface area (Å²) in [5.41, 5.74) is 3.50. The molecule has 0 bridgehead atoms. The normalized spacial score (nSPS) is 12.1. The molecule has 0 saturated carbocycles. The number of rotatable bonds is 5. The summed E-state index contributed by atoms with van der Waals surface area (Å²) < 4.78 is 32.8. The van der Waals surface area contributed by atoms with E-state index in [0.717, 1.165) is 11.1 Å². The molecule has 0 radical (unpaired) electrons. The second kappa shape index (κ2) is 5.78. The summed E-state index contributed by atoms with van der Waals surface area (Å²) in [5, 5.41) is 6.61. The third-order valence-electron chi connectivity index (χ3n) is 3.59. The zero-order chi connectivity index (χ0) is 16.6. The lowest BCUT2D eigenvalue weighted by Crippen LogP contribution is -2.26. The first-order chi connectivity index (χ1) is 10.9. The second-order valence-electron chi connectivity index (χ2n) is 5.45. The lowest BCUT2D eigenvalue weighted by molar-refractivity contribution is 0.560. The van der Waals surface area contributed by atoms with Gasteiger partial charge in [0.15, 0.2) is 11.5 Å². The van der Waals surface area contributed by atoms with Crippen molar-refractivity contribution in [3.8, 4) is 0 Å². The zero-order valence-corrected chi connectivity index (χ0v) is 14.0. The van der Waals surface area contributed by atoms with Crippen LogP contribution in [0.3, 0.4) is 0 Å². The van der Waals surface area contributed by atoms with Gasteiger partial charge >= 0.3 is 0 Å². The Balaban J connectivity index is 1.70. The summed E-state index contributed by atoms with van der Waals surface area (Å²) in [6.45, 7) is 5.45. The molecule has 7 nitrogen and oxygen atoms in total. The molecule has 0 aliphatic rings.